The van der Waals surface area contributed by atoms with Crippen molar-refractivity contribution in [2.75, 3.05) is 13.6 Å². The lowest BCUT2D eigenvalue weighted by Gasteiger charge is -2.24. The normalized spacial score (nSPS) is 23.8. The van der Waals surface area contributed by atoms with E-state index in [1.165, 1.54) is 4.90 Å². The molecular formula is C11H19NO4. The van der Waals surface area contributed by atoms with Gasteiger partial charge in [-0.25, -0.2) is 4.79 Å². The van der Waals surface area contributed by atoms with Crippen molar-refractivity contribution in [2.24, 2.45) is 11.8 Å². The van der Waals surface area contributed by atoms with E-state index in [0.717, 1.165) is 0 Å². The van der Waals surface area contributed by atoms with Crippen LogP contribution < -0.4 is 0 Å². The maximum absolute atomic E-state index is 11.6. The van der Waals surface area contributed by atoms with Crippen LogP contribution in [0.15, 0.2) is 0 Å². The maximum atomic E-state index is 11.6. The molecule has 1 fully saturated rings. The second-order valence-electron chi connectivity index (χ2n) is 5.30. The van der Waals surface area contributed by atoms with Crippen LogP contribution >= 0.6 is 0 Å². The Labute approximate surface area is 95.4 Å². The number of ether oxygens (including phenoxy) is 1. The van der Waals surface area contributed by atoms with E-state index in [-0.39, 0.29) is 11.8 Å². The van der Waals surface area contributed by atoms with Gasteiger partial charge < -0.3 is 14.7 Å². The van der Waals surface area contributed by atoms with Gasteiger partial charge in [0.1, 0.15) is 5.60 Å². The Morgan fingerprint density at radius 2 is 2.00 bits per heavy atom. The van der Waals surface area contributed by atoms with Gasteiger partial charge in [-0.3, -0.25) is 4.79 Å². The Hall–Kier alpha value is -1.26. The van der Waals surface area contributed by atoms with Crippen molar-refractivity contribution in [1.29, 1.82) is 0 Å². The van der Waals surface area contributed by atoms with E-state index in [1.54, 1.807) is 27.8 Å². The van der Waals surface area contributed by atoms with Gasteiger partial charge in [-0.2, -0.15) is 0 Å². The lowest BCUT2D eigenvalue weighted by atomic mass is 10.2. The van der Waals surface area contributed by atoms with Crippen LogP contribution in [0.5, 0.6) is 0 Å². The van der Waals surface area contributed by atoms with Crippen molar-refractivity contribution in [3.63, 3.8) is 0 Å². The number of carbonyl (C=O) groups is 2. The van der Waals surface area contributed by atoms with Crippen LogP contribution in [-0.4, -0.2) is 41.3 Å². The highest BCUT2D eigenvalue weighted by Crippen LogP contribution is 2.39. The number of amides is 1. The van der Waals surface area contributed by atoms with Gasteiger partial charge in [0, 0.05) is 13.6 Å². The molecule has 0 spiro atoms. The number of nitrogens with zero attached hydrogens (tertiary/aromatic N) is 1. The molecule has 5 nitrogen and oxygen atoms in total. The molecule has 0 aliphatic heterocycles. The van der Waals surface area contributed by atoms with Crippen molar-refractivity contribution in [2.45, 2.75) is 32.8 Å². The minimum Gasteiger partial charge on any atom is -0.481 e. The van der Waals surface area contributed by atoms with Crippen LogP contribution in [0, 0.1) is 11.8 Å². The highest BCUT2D eigenvalue weighted by molar-refractivity contribution is 5.74. The molecule has 2 atom stereocenters. The third-order valence-electron chi connectivity index (χ3n) is 2.45. The molecular weight excluding hydrogens is 210 g/mol. The predicted molar refractivity (Wildman–Crippen MR) is 58.1 cm³/mol. The highest BCUT2D eigenvalue weighted by Gasteiger charge is 2.44. The van der Waals surface area contributed by atoms with E-state index in [4.69, 9.17) is 9.84 Å². The predicted octanol–water partition coefficient (Wildman–Crippen LogP) is 1.57. The summed E-state index contributed by atoms with van der Waals surface area (Å²) in [6, 6.07) is 0. The second-order valence-corrected chi connectivity index (χ2v) is 5.30. The highest BCUT2D eigenvalue weighted by atomic mass is 16.6. The fraction of sp³-hybridized carbons (Fsp3) is 0.818. The molecule has 0 aromatic heterocycles. The topological polar surface area (TPSA) is 66.8 Å². The Morgan fingerprint density at radius 1 is 1.44 bits per heavy atom. The van der Waals surface area contributed by atoms with Crippen LogP contribution in [0.4, 0.5) is 4.79 Å². The van der Waals surface area contributed by atoms with E-state index < -0.39 is 17.7 Å². The summed E-state index contributed by atoms with van der Waals surface area (Å²) in [4.78, 5) is 23.6. The summed E-state index contributed by atoms with van der Waals surface area (Å²) in [5.41, 5.74) is -0.513. The molecule has 1 N–H and O–H groups in total. The lowest BCUT2D eigenvalue weighted by Crippen LogP contribution is -2.35. The Balaban J connectivity index is 2.34. The first-order chi connectivity index (χ1) is 7.20. The largest absolute Gasteiger partial charge is 0.481 e. The molecule has 1 amide bonds. The smallest absolute Gasteiger partial charge is 0.410 e. The fourth-order valence-corrected chi connectivity index (χ4v) is 1.52. The van der Waals surface area contributed by atoms with Gasteiger partial charge in [0.05, 0.1) is 5.92 Å². The van der Waals surface area contributed by atoms with Crippen LogP contribution in [0.1, 0.15) is 27.2 Å². The van der Waals surface area contributed by atoms with Crippen molar-refractivity contribution in [1.82, 2.24) is 4.90 Å². The number of hydrogen-bond donors (Lipinski definition) is 1. The molecule has 1 rings (SSSR count). The number of carboxylic acids is 1. The van der Waals surface area contributed by atoms with Crippen LogP contribution in [0.2, 0.25) is 0 Å². The maximum Gasteiger partial charge on any atom is 0.410 e. The summed E-state index contributed by atoms with van der Waals surface area (Å²) in [6.45, 7) is 5.85. The Bertz CT molecular complexity index is 295. The van der Waals surface area contributed by atoms with Gasteiger partial charge in [-0.1, -0.05) is 0 Å². The van der Waals surface area contributed by atoms with Crippen molar-refractivity contribution in [3.05, 3.63) is 0 Å². The second kappa shape index (κ2) is 4.31. The third-order valence-corrected chi connectivity index (χ3v) is 2.45. The average Bonchev–Trinajstić information content (AvgIpc) is 2.80. The molecule has 92 valence electrons. The first-order valence-electron chi connectivity index (χ1n) is 5.37. The summed E-state index contributed by atoms with van der Waals surface area (Å²) in [7, 11) is 1.63. The molecule has 1 saturated carbocycles. The molecule has 0 aromatic carbocycles. The summed E-state index contributed by atoms with van der Waals surface area (Å²) in [5.74, 6) is -0.984. The number of aliphatic carboxylic acids is 1. The summed E-state index contributed by atoms with van der Waals surface area (Å²) >= 11 is 0. The first-order valence-corrected chi connectivity index (χ1v) is 5.37. The molecule has 1 aliphatic rings. The van der Waals surface area contributed by atoms with Crippen LogP contribution in [0.3, 0.4) is 0 Å². The van der Waals surface area contributed by atoms with E-state index in [1.807, 2.05) is 0 Å². The van der Waals surface area contributed by atoms with Gasteiger partial charge in [-0.05, 0) is 33.1 Å². The SMILES string of the molecule is CN(C[C@@H]1C[C@H]1C(=O)O)C(=O)OC(C)(C)C. The molecule has 0 aromatic rings. The monoisotopic (exact) mass is 229 g/mol. The van der Waals surface area contributed by atoms with Crippen molar-refractivity contribution >= 4 is 12.1 Å². The van der Waals surface area contributed by atoms with Gasteiger partial charge in [0.2, 0.25) is 0 Å². The summed E-state index contributed by atoms with van der Waals surface area (Å²) in [5, 5.41) is 8.73. The molecule has 0 radical (unpaired) electrons. The van der Waals surface area contributed by atoms with E-state index in [0.29, 0.717) is 13.0 Å². The number of carboxylic acid groups (broad SMARTS) is 1. The van der Waals surface area contributed by atoms with Crippen molar-refractivity contribution < 1.29 is 19.4 Å². The zero-order valence-electron chi connectivity index (χ0n) is 10.2. The molecule has 16 heavy (non-hydrogen) atoms. The molecule has 0 heterocycles. The Morgan fingerprint density at radius 3 is 2.38 bits per heavy atom. The minimum atomic E-state index is -0.775. The first kappa shape index (κ1) is 12.8. The van der Waals surface area contributed by atoms with Crippen LogP contribution in [-0.2, 0) is 9.53 Å². The zero-order chi connectivity index (χ0) is 12.5. The minimum absolute atomic E-state index is 0.0787. The fourth-order valence-electron chi connectivity index (χ4n) is 1.52. The lowest BCUT2D eigenvalue weighted by molar-refractivity contribution is -0.138. The van der Waals surface area contributed by atoms with E-state index in [9.17, 15) is 9.59 Å². The number of hydrogen-bond acceptors (Lipinski definition) is 3. The average molecular weight is 229 g/mol. The molecule has 0 bridgehead atoms. The van der Waals surface area contributed by atoms with E-state index >= 15 is 0 Å². The van der Waals surface area contributed by atoms with Crippen molar-refractivity contribution in [3.8, 4) is 0 Å². The third kappa shape index (κ3) is 3.72. The molecule has 1 aliphatic carbocycles. The number of rotatable bonds is 3. The Kier molecular flexibility index (Phi) is 3.45. The molecule has 5 heteroatoms. The van der Waals surface area contributed by atoms with Gasteiger partial charge in [-0.15, -0.1) is 0 Å². The van der Waals surface area contributed by atoms with Gasteiger partial charge >= 0.3 is 12.1 Å². The van der Waals surface area contributed by atoms with Gasteiger partial charge in [0.25, 0.3) is 0 Å². The van der Waals surface area contributed by atoms with Crippen LogP contribution in [0.25, 0.3) is 0 Å². The van der Waals surface area contributed by atoms with E-state index in [2.05, 4.69) is 0 Å². The standard InChI is InChI=1S/C11H19NO4/c1-11(2,3)16-10(15)12(4)6-7-5-8(7)9(13)14/h7-8H,5-6H2,1-4H3,(H,13,14)/t7-,8+/m0/s1. The molecule has 0 saturated heterocycles. The molecule has 0 unspecified atom stereocenters. The van der Waals surface area contributed by atoms with Gasteiger partial charge in [0.15, 0.2) is 0 Å². The summed E-state index contributed by atoms with van der Waals surface area (Å²) in [6.07, 6.45) is 0.256. The quantitative estimate of drug-likeness (QED) is 0.797. The number of carbonyl (C=O) groups excluding carboxylic acids is 1. The zero-order valence-corrected chi connectivity index (χ0v) is 10.2. The summed E-state index contributed by atoms with van der Waals surface area (Å²) < 4.78 is 5.16.